The zero-order valence-corrected chi connectivity index (χ0v) is 11.7. The summed E-state index contributed by atoms with van der Waals surface area (Å²) in [6.45, 7) is 3.96. The van der Waals surface area contributed by atoms with Gasteiger partial charge in [-0.3, -0.25) is 4.79 Å². The molecule has 0 aromatic rings. The number of carboxylic acid groups (broad SMARTS) is 1. The Hall–Kier alpha value is -1.30. The first-order valence-corrected chi connectivity index (χ1v) is 6.79. The van der Waals surface area contributed by atoms with Crippen LogP contribution in [0, 0.1) is 5.92 Å². The first kappa shape index (κ1) is 15.8. The molecule has 0 bridgehead atoms. The Balaban J connectivity index is 2.25. The molecule has 2 unspecified atom stereocenters. The van der Waals surface area contributed by atoms with Crippen LogP contribution >= 0.6 is 0 Å². The van der Waals surface area contributed by atoms with E-state index in [1.807, 2.05) is 6.92 Å². The first-order valence-electron chi connectivity index (χ1n) is 6.79. The second-order valence-corrected chi connectivity index (χ2v) is 5.17. The molecule has 6 heteroatoms. The number of carbonyl (C=O) groups excluding carboxylic acids is 1. The van der Waals surface area contributed by atoms with Crippen molar-refractivity contribution in [2.75, 3.05) is 26.8 Å². The predicted octanol–water partition coefficient (Wildman–Crippen LogP) is 1.31. The summed E-state index contributed by atoms with van der Waals surface area (Å²) in [5.74, 6) is -0.452. The number of hydrogen-bond acceptors (Lipinski definition) is 3. The van der Waals surface area contributed by atoms with E-state index in [0.717, 1.165) is 12.8 Å². The summed E-state index contributed by atoms with van der Waals surface area (Å²) in [6, 6.07) is 0.0342. The molecule has 2 atom stereocenters. The molecule has 110 valence electrons. The first-order chi connectivity index (χ1) is 9.02. The molecule has 2 N–H and O–H groups in total. The van der Waals surface area contributed by atoms with Crippen LogP contribution in [-0.4, -0.2) is 54.9 Å². The van der Waals surface area contributed by atoms with Gasteiger partial charge in [0.2, 0.25) is 0 Å². The second-order valence-electron chi connectivity index (χ2n) is 5.17. The van der Waals surface area contributed by atoms with Crippen molar-refractivity contribution in [2.45, 2.75) is 38.6 Å². The summed E-state index contributed by atoms with van der Waals surface area (Å²) >= 11 is 0. The van der Waals surface area contributed by atoms with Gasteiger partial charge >= 0.3 is 12.0 Å². The van der Waals surface area contributed by atoms with E-state index in [4.69, 9.17) is 9.84 Å². The van der Waals surface area contributed by atoms with Crippen LogP contribution in [0.3, 0.4) is 0 Å². The Bertz CT molecular complexity index is 309. The highest BCUT2D eigenvalue weighted by molar-refractivity contribution is 5.74. The van der Waals surface area contributed by atoms with E-state index in [2.05, 4.69) is 5.32 Å². The van der Waals surface area contributed by atoms with Gasteiger partial charge in [0, 0.05) is 39.3 Å². The molecule has 0 radical (unpaired) electrons. The smallest absolute Gasteiger partial charge is 0.317 e. The molecule has 0 aliphatic carbocycles. The van der Waals surface area contributed by atoms with Gasteiger partial charge in [-0.25, -0.2) is 4.79 Å². The molecule has 1 aliphatic rings. The molecule has 1 rings (SSSR count). The number of hydrogen-bond donors (Lipinski definition) is 2. The van der Waals surface area contributed by atoms with Crippen LogP contribution in [0.5, 0.6) is 0 Å². The number of rotatable bonds is 7. The van der Waals surface area contributed by atoms with E-state index in [1.54, 1.807) is 12.0 Å². The standard InChI is InChI=1S/C13H24N2O4/c1-10(6-8-19-2)14-13(18)15-7-5-11(9-15)3-4-12(16)17/h10-11H,3-9H2,1-2H3,(H,14,18)(H,16,17). The van der Waals surface area contributed by atoms with Gasteiger partial charge in [0.25, 0.3) is 0 Å². The molecular formula is C13H24N2O4. The van der Waals surface area contributed by atoms with Crippen molar-refractivity contribution < 1.29 is 19.4 Å². The average molecular weight is 272 g/mol. The van der Waals surface area contributed by atoms with Crippen LogP contribution in [0.4, 0.5) is 4.79 Å². The lowest BCUT2D eigenvalue weighted by Gasteiger charge is -2.21. The zero-order valence-electron chi connectivity index (χ0n) is 11.7. The third-order valence-corrected chi connectivity index (χ3v) is 3.46. The highest BCUT2D eigenvalue weighted by Crippen LogP contribution is 2.21. The number of urea groups is 1. The summed E-state index contributed by atoms with van der Waals surface area (Å²) < 4.78 is 4.97. The summed E-state index contributed by atoms with van der Waals surface area (Å²) in [5.41, 5.74) is 0. The summed E-state index contributed by atoms with van der Waals surface area (Å²) in [6.07, 6.45) is 2.52. The number of nitrogens with zero attached hydrogens (tertiary/aromatic N) is 1. The van der Waals surface area contributed by atoms with Crippen LogP contribution in [0.25, 0.3) is 0 Å². The Labute approximate surface area is 114 Å². The van der Waals surface area contributed by atoms with E-state index < -0.39 is 5.97 Å². The molecule has 0 aromatic carbocycles. The van der Waals surface area contributed by atoms with Crippen molar-refractivity contribution in [1.29, 1.82) is 0 Å². The van der Waals surface area contributed by atoms with Crippen LogP contribution in [0.15, 0.2) is 0 Å². The Kier molecular flexibility index (Phi) is 6.62. The predicted molar refractivity (Wildman–Crippen MR) is 71.0 cm³/mol. The second kappa shape index (κ2) is 7.99. The Morgan fingerprint density at radius 2 is 2.26 bits per heavy atom. The van der Waals surface area contributed by atoms with Crippen molar-refractivity contribution >= 4 is 12.0 Å². The minimum Gasteiger partial charge on any atom is -0.481 e. The molecule has 1 saturated heterocycles. The highest BCUT2D eigenvalue weighted by Gasteiger charge is 2.26. The van der Waals surface area contributed by atoms with Gasteiger partial charge < -0.3 is 20.1 Å². The van der Waals surface area contributed by atoms with Crippen LogP contribution in [0.2, 0.25) is 0 Å². The molecule has 0 spiro atoms. The maximum Gasteiger partial charge on any atom is 0.317 e. The van der Waals surface area contributed by atoms with Crippen molar-refractivity contribution in [3.63, 3.8) is 0 Å². The van der Waals surface area contributed by atoms with Crippen molar-refractivity contribution in [2.24, 2.45) is 5.92 Å². The van der Waals surface area contributed by atoms with Crippen molar-refractivity contribution in [3.05, 3.63) is 0 Å². The van der Waals surface area contributed by atoms with Crippen LogP contribution in [0.1, 0.15) is 32.6 Å². The number of methoxy groups -OCH3 is 1. The van der Waals surface area contributed by atoms with Gasteiger partial charge in [0.05, 0.1) is 0 Å². The fourth-order valence-electron chi connectivity index (χ4n) is 2.25. The fourth-order valence-corrected chi connectivity index (χ4v) is 2.25. The molecule has 6 nitrogen and oxygen atoms in total. The topological polar surface area (TPSA) is 78.9 Å². The number of likely N-dealkylation sites (tertiary alicyclic amines) is 1. The van der Waals surface area contributed by atoms with Crippen molar-refractivity contribution in [1.82, 2.24) is 10.2 Å². The fraction of sp³-hybridized carbons (Fsp3) is 0.846. The zero-order chi connectivity index (χ0) is 14.3. The molecule has 19 heavy (non-hydrogen) atoms. The SMILES string of the molecule is COCCC(C)NC(=O)N1CCC(CCC(=O)O)C1. The van der Waals surface area contributed by atoms with E-state index in [9.17, 15) is 9.59 Å². The van der Waals surface area contributed by atoms with E-state index in [-0.39, 0.29) is 18.5 Å². The number of ether oxygens (including phenoxy) is 1. The minimum atomic E-state index is -0.768. The molecule has 1 aliphatic heterocycles. The molecule has 0 aromatic heterocycles. The van der Waals surface area contributed by atoms with Crippen LogP contribution < -0.4 is 5.32 Å². The number of nitrogens with one attached hydrogen (secondary N) is 1. The van der Waals surface area contributed by atoms with Gasteiger partial charge in [-0.2, -0.15) is 0 Å². The number of carboxylic acids is 1. The molecular weight excluding hydrogens is 248 g/mol. The van der Waals surface area contributed by atoms with E-state index in [0.29, 0.717) is 32.0 Å². The molecule has 0 saturated carbocycles. The lowest BCUT2D eigenvalue weighted by molar-refractivity contribution is -0.137. The van der Waals surface area contributed by atoms with Gasteiger partial charge in [-0.05, 0) is 32.1 Å². The number of carbonyl (C=O) groups is 2. The van der Waals surface area contributed by atoms with Gasteiger partial charge in [-0.15, -0.1) is 0 Å². The van der Waals surface area contributed by atoms with Crippen molar-refractivity contribution in [3.8, 4) is 0 Å². The van der Waals surface area contributed by atoms with E-state index in [1.165, 1.54) is 0 Å². The summed E-state index contributed by atoms with van der Waals surface area (Å²) in [7, 11) is 1.64. The number of amides is 2. The average Bonchev–Trinajstić information content (AvgIpc) is 2.82. The summed E-state index contributed by atoms with van der Waals surface area (Å²) in [4.78, 5) is 24.2. The Morgan fingerprint density at radius 3 is 2.89 bits per heavy atom. The third-order valence-electron chi connectivity index (χ3n) is 3.46. The van der Waals surface area contributed by atoms with E-state index >= 15 is 0 Å². The lowest BCUT2D eigenvalue weighted by atomic mass is 10.0. The molecule has 2 amide bonds. The van der Waals surface area contributed by atoms with Gasteiger partial charge in [0.1, 0.15) is 0 Å². The van der Waals surface area contributed by atoms with Gasteiger partial charge in [0.15, 0.2) is 0 Å². The lowest BCUT2D eigenvalue weighted by Crippen LogP contribution is -2.43. The largest absolute Gasteiger partial charge is 0.481 e. The molecule has 1 fully saturated rings. The maximum atomic E-state index is 12.0. The Morgan fingerprint density at radius 1 is 1.53 bits per heavy atom. The maximum absolute atomic E-state index is 12.0. The highest BCUT2D eigenvalue weighted by atomic mass is 16.5. The van der Waals surface area contributed by atoms with Gasteiger partial charge in [-0.1, -0.05) is 0 Å². The normalized spacial score (nSPS) is 20.3. The quantitative estimate of drug-likeness (QED) is 0.732. The molecule has 1 heterocycles. The monoisotopic (exact) mass is 272 g/mol. The summed E-state index contributed by atoms with van der Waals surface area (Å²) in [5, 5.41) is 11.6. The van der Waals surface area contributed by atoms with Crippen LogP contribution in [-0.2, 0) is 9.53 Å². The number of aliphatic carboxylic acids is 1. The minimum absolute atomic E-state index is 0.0542. The third kappa shape index (κ3) is 5.92.